The highest BCUT2D eigenvalue weighted by Crippen LogP contribution is 2.15. The van der Waals surface area contributed by atoms with Crippen molar-refractivity contribution in [2.75, 3.05) is 0 Å². The maximum Gasteiger partial charge on any atom is 0.335 e. The first kappa shape index (κ1) is 16.7. The van der Waals surface area contributed by atoms with Crippen molar-refractivity contribution in [2.45, 2.75) is 19.9 Å². The van der Waals surface area contributed by atoms with E-state index in [4.69, 9.17) is 10.8 Å². The lowest BCUT2D eigenvalue weighted by molar-refractivity contribution is 0.0697. The lowest BCUT2D eigenvalue weighted by Gasteiger charge is -2.03. The van der Waals surface area contributed by atoms with Gasteiger partial charge in [-0.15, -0.1) is 0 Å². The molecule has 0 aliphatic heterocycles. The summed E-state index contributed by atoms with van der Waals surface area (Å²) in [4.78, 5) is 10.6. The highest BCUT2D eigenvalue weighted by Gasteiger charge is 2.01. The summed E-state index contributed by atoms with van der Waals surface area (Å²) < 4.78 is 0. The Bertz CT molecular complexity index is 792. The number of carboxylic acid groups (broad SMARTS) is 1. The number of aromatic carboxylic acids is 1. The number of nitrogens with two attached hydrogens (primary N) is 1. The fourth-order valence-corrected chi connectivity index (χ4v) is 2.19. The van der Waals surface area contributed by atoms with E-state index < -0.39 is 5.97 Å². The summed E-state index contributed by atoms with van der Waals surface area (Å²) in [5.41, 5.74) is 8.48. The first-order valence-electron chi connectivity index (χ1n) is 7.51. The summed E-state index contributed by atoms with van der Waals surface area (Å²) in [7, 11) is 0. The molecule has 3 nitrogen and oxygen atoms in total. The van der Waals surface area contributed by atoms with Crippen LogP contribution in [0.5, 0.6) is 0 Å². The molecule has 0 saturated heterocycles. The standard InChI is InChI=1S/C11H8O2.C9H13N/c12-11(13)10-6-5-8-3-1-2-4-9(8)7-10;1-7-3-5-9(6-4-7)8(2)10/h1-7H,(H,12,13);3-6,8H,10H2,1-2H3. The highest BCUT2D eigenvalue weighted by molar-refractivity contribution is 5.94. The Morgan fingerprint density at radius 2 is 1.57 bits per heavy atom. The Balaban J connectivity index is 0.000000174. The van der Waals surface area contributed by atoms with Crippen LogP contribution in [0.15, 0.2) is 66.7 Å². The predicted octanol–water partition coefficient (Wildman–Crippen LogP) is 4.55. The van der Waals surface area contributed by atoms with Gasteiger partial charge in [-0.3, -0.25) is 0 Å². The smallest absolute Gasteiger partial charge is 0.335 e. The predicted molar refractivity (Wildman–Crippen MR) is 94.7 cm³/mol. The molecule has 0 radical (unpaired) electrons. The first-order chi connectivity index (χ1) is 11.0. The van der Waals surface area contributed by atoms with Gasteiger partial charge in [-0.1, -0.05) is 60.2 Å². The molecule has 23 heavy (non-hydrogen) atoms. The van der Waals surface area contributed by atoms with Crippen LogP contribution in [0.25, 0.3) is 10.8 Å². The zero-order valence-electron chi connectivity index (χ0n) is 13.4. The van der Waals surface area contributed by atoms with E-state index in [1.807, 2.05) is 37.3 Å². The van der Waals surface area contributed by atoms with E-state index in [9.17, 15) is 4.79 Å². The minimum Gasteiger partial charge on any atom is -0.478 e. The van der Waals surface area contributed by atoms with Crippen molar-refractivity contribution in [3.63, 3.8) is 0 Å². The normalized spacial score (nSPS) is 11.4. The van der Waals surface area contributed by atoms with Gasteiger partial charge >= 0.3 is 5.97 Å². The number of aryl methyl sites for hydroxylation is 1. The molecule has 1 unspecified atom stereocenters. The van der Waals surface area contributed by atoms with E-state index in [1.54, 1.807) is 12.1 Å². The summed E-state index contributed by atoms with van der Waals surface area (Å²) in [6, 6.07) is 21.3. The van der Waals surface area contributed by atoms with Crippen molar-refractivity contribution in [1.29, 1.82) is 0 Å². The van der Waals surface area contributed by atoms with Gasteiger partial charge in [-0.05, 0) is 42.3 Å². The Morgan fingerprint density at radius 1 is 0.957 bits per heavy atom. The molecule has 118 valence electrons. The molecule has 3 N–H and O–H groups in total. The molecular weight excluding hydrogens is 286 g/mol. The molecule has 0 bridgehead atoms. The molecule has 0 aromatic heterocycles. The first-order valence-corrected chi connectivity index (χ1v) is 7.51. The van der Waals surface area contributed by atoms with E-state index in [1.165, 1.54) is 11.1 Å². The van der Waals surface area contributed by atoms with Gasteiger partial charge in [0, 0.05) is 6.04 Å². The third kappa shape index (κ3) is 4.66. The minimum atomic E-state index is -0.884. The highest BCUT2D eigenvalue weighted by atomic mass is 16.4. The second-order valence-corrected chi connectivity index (χ2v) is 5.57. The topological polar surface area (TPSA) is 63.3 Å². The van der Waals surface area contributed by atoms with E-state index >= 15 is 0 Å². The van der Waals surface area contributed by atoms with Crippen molar-refractivity contribution in [3.8, 4) is 0 Å². The molecule has 3 aromatic carbocycles. The van der Waals surface area contributed by atoms with Gasteiger partial charge in [-0.25, -0.2) is 4.79 Å². The number of fused-ring (bicyclic) bond motifs is 1. The van der Waals surface area contributed by atoms with Crippen LogP contribution in [-0.2, 0) is 0 Å². The molecule has 0 heterocycles. The van der Waals surface area contributed by atoms with Gasteiger partial charge in [0.25, 0.3) is 0 Å². The average molecular weight is 307 g/mol. The average Bonchev–Trinajstić information content (AvgIpc) is 2.55. The Kier molecular flexibility index (Phi) is 5.50. The van der Waals surface area contributed by atoms with Crippen LogP contribution in [0, 0.1) is 6.92 Å². The van der Waals surface area contributed by atoms with E-state index in [-0.39, 0.29) is 6.04 Å². The molecule has 0 saturated carbocycles. The molecule has 0 spiro atoms. The lowest BCUT2D eigenvalue weighted by Crippen LogP contribution is -2.04. The molecule has 0 aliphatic carbocycles. The van der Waals surface area contributed by atoms with Gasteiger partial charge in [0.15, 0.2) is 0 Å². The second-order valence-electron chi connectivity index (χ2n) is 5.57. The van der Waals surface area contributed by atoms with Crippen molar-refractivity contribution in [2.24, 2.45) is 5.73 Å². The van der Waals surface area contributed by atoms with Gasteiger partial charge in [0.05, 0.1) is 5.56 Å². The van der Waals surface area contributed by atoms with Crippen LogP contribution in [-0.4, -0.2) is 11.1 Å². The largest absolute Gasteiger partial charge is 0.478 e. The third-order valence-electron chi connectivity index (χ3n) is 3.60. The summed E-state index contributed by atoms with van der Waals surface area (Å²) >= 11 is 0. The van der Waals surface area contributed by atoms with Crippen molar-refractivity contribution in [1.82, 2.24) is 0 Å². The summed E-state index contributed by atoms with van der Waals surface area (Å²) in [6.45, 7) is 4.07. The molecule has 1 atom stereocenters. The second kappa shape index (κ2) is 7.56. The number of hydrogen-bond donors (Lipinski definition) is 2. The van der Waals surface area contributed by atoms with E-state index in [0.717, 1.165) is 10.8 Å². The fraction of sp³-hybridized carbons (Fsp3) is 0.150. The summed E-state index contributed by atoms with van der Waals surface area (Å²) in [5.74, 6) is -0.884. The summed E-state index contributed by atoms with van der Waals surface area (Å²) in [5, 5.41) is 10.8. The van der Waals surface area contributed by atoms with Gasteiger partial charge in [-0.2, -0.15) is 0 Å². The van der Waals surface area contributed by atoms with Crippen molar-refractivity contribution in [3.05, 3.63) is 83.4 Å². The van der Waals surface area contributed by atoms with E-state index in [2.05, 4.69) is 31.2 Å². The van der Waals surface area contributed by atoms with Crippen LogP contribution >= 0.6 is 0 Å². The Morgan fingerprint density at radius 3 is 2.13 bits per heavy atom. The van der Waals surface area contributed by atoms with Crippen LogP contribution in [0.2, 0.25) is 0 Å². The monoisotopic (exact) mass is 307 g/mol. The Hall–Kier alpha value is -2.65. The van der Waals surface area contributed by atoms with Crippen LogP contribution in [0.1, 0.15) is 34.5 Å². The maximum atomic E-state index is 10.6. The van der Waals surface area contributed by atoms with Crippen LogP contribution in [0.4, 0.5) is 0 Å². The molecule has 0 amide bonds. The minimum absolute atomic E-state index is 0.153. The third-order valence-corrected chi connectivity index (χ3v) is 3.60. The number of carboxylic acids is 1. The van der Waals surface area contributed by atoms with Gasteiger partial charge in [0.1, 0.15) is 0 Å². The fourth-order valence-electron chi connectivity index (χ4n) is 2.19. The quantitative estimate of drug-likeness (QED) is 0.730. The van der Waals surface area contributed by atoms with E-state index in [0.29, 0.717) is 5.56 Å². The number of hydrogen-bond acceptors (Lipinski definition) is 2. The van der Waals surface area contributed by atoms with Gasteiger partial charge < -0.3 is 10.8 Å². The summed E-state index contributed by atoms with van der Waals surface area (Å²) in [6.07, 6.45) is 0. The molecule has 0 fully saturated rings. The zero-order chi connectivity index (χ0) is 16.8. The molecule has 3 aromatic rings. The molecule has 3 rings (SSSR count). The van der Waals surface area contributed by atoms with Gasteiger partial charge in [0.2, 0.25) is 0 Å². The maximum absolute atomic E-state index is 10.6. The number of benzene rings is 3. The lowest BCUT2D eigenvalue weighted by atomic mass is 10.1. The van der Waals surface area contributed by atoms with Crippen LogP contribution < -0.4 is 5.73 Å². The van der Waals surface area contributed by atoms with Crippen LogP contribution in [0.3, 0.4) is 0 Å². The molecular formula is C20H21NO2. The van der Waals surface area contributed by atoms with Crippen molar-refractivity contribution >= 4 is 16.7 Å². The number of carbonyl (C=O) groups is 1. The SMILES string of the molecule is Cc1ccc(C(C)N)cc1.O=C(O)c1ccc2ccccc2c1. The zero-order valence-corrected chi connectivity index (χ0v) is 13.4. The Labute approximate surface area is 136 Å². The molecule has 3 heteroatoms. The number of rotatable bonds is 2. The van der Waals surface area contributed by atoms with Crippen molar-refractivity contribution < 1.29 is 9.90 Å². The molecule has 0 aliphatic rings.